The van der Waals surface area contributed by atoms with Gasteiger partial charge in [0.1, 0.15) is 17.1 Å². The lowest BCUT2D eigenvalue weighted by atomic mass is 10.1. The maximum Gasteiger partial charge on any atom is 0.294 e. The van der Waals surface area contributed by atoms with Crippen molar-refractivity contribution in [2.45, 2.75) is 19.8 Å². The van der Waals surface area contributed by atoms with E-state index in [0.717, 1.165) is 5.69 Å². The predicted octanol–water partition coefficient (Wildman–Crippen LogP) is 1.89. The van der Waals surface area contributed by atoms with E-state index in [2.05, 4.69) is 0 Å². The van der Waals surface area contributed by atoms with Crippen LogP contribution >= 0.6 is 0 Å². The van der Waals surface area contributed by atoms with Crippen LogP contribution < -0.4 is 16.0 Å². The summed E-state index contributed by atoms with van der Waals surface area (Å²) < 4.78 is 8.64. The number of hydrogen-bond acceptors (Lipinski definition) is 3. The topological polar surface area (TPSA) is 62.2 Å². The summed E-state index contributed by atoms with van der Waals surface area (Å²) >= 11 is 0. The Morgan fingerprint density at radius 2 is 1.89 bits per heavy atom. The number of nitrogens with zero attached hydrogens (tertiary/aromatic N) is 2. The standard InChI is InChI=1S/C14H19N3O2/c1-9(2)13-12(15)14(18)17(16(13)3)10-7-5-6-8-11(10)19-4/h5-9H,15H2,1-4H3. The van der Waals surface area contributed by atoms with Crippen molar-refractivity contribution in [1.82, 2.24) is 9.36 Å². The SMILES string of the molecule is COc1ccccc1-n1c(=O)c(N)c(C(C)C)n1C. The molecule has 102 valence electrons. The zero-order valence-corrected chi connectivity index (χ0v) is 11.7. The van der Waals surface area contributed by atoms with Gasteiger partial charge in [-0.3, -0.25) is 9.48 Å². The fraction of sp³-hybridized carbons (Fsp3) is 0.357. The Morgan fingerprint density at radius 3 is 2.42 bits per heavy atom. The molecule has 0 unspecified atom stereocenters. The number of nitrogen functional groups attached to an aromatic ring is 1. The summed E-state index contributed by atoms with van der Waals surface area (Å²) in [6, 6.07) is 7.38. The van der Waals surface area contributed by atoms with Crippen LogP contribution in [0.4, 0.5) is 5.69 Å². The van der Waals surface area contributed by atoms with Gasteiger partial charge in [0.25, 0.3) is 5.56 Å². The molecule has 0 saturated heterocycles. The van der Waals surface area contributed by atoms with Crippen LogP contribution in [-0.2, 0) is 7.05 Å². The quantitative estimate of drug-likeness (QED) is 0.917. The number of anilines is 1. The van der Waals surface area contributed by atoms with E-state index in [1.165, 1.54) is 0 Å². The molecule has 0 aliphatic rings. The second-order valence-electron chi connectivity index (χ2n) is 4.77. The summed E-state index contributed by atoms with van der Waals surface area (Å²) in [5, 5.41) is 0. The molecule has 0 aliphatic heterocycles. The molecule has 19 heavy (non-hydrogen) atoms. The molecule has 2 rings (SSSR count). The number of nitrogens with two attached hydrogens (primary N) is 1. The smallest absolute Gasteiger partial charge is 0.294 e. The van der Waals surface area contributed by atoms with Crippen molar-refractivity contribution < 1.29 is 4.74 Å². The number of benzene rings is 1. The van der Waals surface area contributed by atoms with Crippen molar-refractivity contribution in [3.05, 3.63) is 40.3 Å². The van der Waals surface area contributed by atoms with Gasteiger partial charge in [0.05, 0.1) is 12.8 Å². The third-order valence-electron chi connectivity index (χ3n) is 3.21. The molecular formula is C14H19N3O2. The van der Waals surface area contributed by atoms with Gasteiger partial charge in [-0.2, -0.15) is 0 Å². The number of ether oxygens (including phenoxy) is 1. The van der Waals surface area contributed by atoms with Gasteiger partial charge in [-0.05, 0) is 18.1 Å². The third-order valence-corrected chi connectivity index (χ3v) is 3.21. The third kappa shape index (κ3) is 2.01. The van der Waals surface area contributed by atoms with Gasteiger partial charge in [0.15, 0.2) is 0 Å². The van der Waals surface area contributed by atoms with Crippen molar-refractivity contribution in [1.29, 1.82) is 0 Å². The molecule has 5 nitrogen and oxygen atoms in total. The first-order valence-electron chi connectivity index (χ1n) is 6.19. The minimum Gasteiger partial charge on any atom is -0.494 e. The Bertz CT molecular complexity index is 653. The lowest BCUT2D eigenvalue weighted by Crippen LogP contribution is -2.21. The van der Waals surface area contributed by atoms with Crippen LogP contribution in [0.3, 0.4) is 0 Å². The van der Waals surface area contributed by atoms with E-state index in [9.17, 15) is 4.79 Å². The van der Waals surface area contributed by atoms with Gasteiger partial charge in [-0.15, -0.1) is 0 Å². The zero-order valence-electron chi connectivity index (χ0n) is 11.7. The Morgan fingerprint density at radius 1 is 1.26 bits per heavy atom. The number of methoxy groups -OCH3 is 1. The molecule has 0 aliphatic carbocycles. The van der Waals surface area contributed by atoms with E-state index in [1.807, 2.05) is 45.2 Å². The predicted molar refractivity (Wildman–Crippen MR) is 76.1 cm³/mol. The molecule has 0 fully saturated rings. The molecule has 0 atom stereocenters. The highest BCUT2D eigenvalue weighted by molar-refractivity contribution is 5.51. The van der Waals surface area contributed by atoms with Crippen LogP contribution in [-0.4, -0.2) is 16.5 Å². The Balaban J connectivity index is 2.77. The zero-order chi connectivity index (χ0) is 14.2. The molecule has 0 amide bonds. The van der Waals surface area contributed by atoms with Gasteiger partial charge in [-0.1, -0.05) is 26.0 Å². The van der Waals surface area contributed by atoms with Crippen LogP contribution in [0.25, 0.3) is 5.69 Å². The molecule has 5 heteroatoms. The number of rotatable bonds is 3. The van der Waals surface area contributed by atoms with Crippen LogP contribution in [0.1, 0.15) is 25.5 Å². The average Bonchev–Trinajstić information content (AvgIpc) is 2.60. The maximum atomic E-state index is 12.3. The molecule has 1 aromatic heterocycles. The van der Waals surface area contributed by atoms with Crippen molar-refractivity contribution in [3.63, 3.8) is 0 Å². The Kier molecular flexibility index (Phi) is 3.38. The fourth-order valence-electron chi connectivity index (χ4n) is 2.40. The number of aromatic nitrogens is 2. The van der Waals surface area contributed by atoms with Crippen LogP contribution in [0.15, 0.2) is 29.1 Å². The lowest BCUT2D eigenvalue weighted by molar-refractivity contribution is 0.408. The molecule has 0 saturated carbocycles. The van der Waals surface area contributed by atoms with Gasteiger partial charge in [0, 0.05) is 7.05 Å². The molecule has 0 bridgehead atoms. The fourth-order valence-corrected chi connectivity index (χ4v) is 2.40. The minimum atomic E-state index is -0.212. The Labute approximate surface area is 112 Å². The van der Waals surface area contributed by atoms with Gasteiger partial charge < -0.3 is 10.5 Å². The summed E-state index contributed by atoms with van der Waals surface area (Å²) in [4.78, 5) is 12.3. The number of para-hydroxylation sites is 2. The van der Waals surface area contributed by atoms with Gasteiger partial charge in [-0.25, -0.2) is 4.68 Å². The van der Waals surface area contributed by atoms with Gasteiger partial charge >= 0.3 is 0 Å². The molecular weight excluding hydrogens is 242 g/mol. The van der Waals surface area contributed by atoms with Crippen LogP contribution in [0, 0.1) is 0 Å². The van der Waals surface area contributed by atoms with Crippen molar-refractivity contribution in [2.75, 3.05) is 12.8 Å². The molecule has 2 aromatic rings. The van der Waals surface area contributed by atoms with E-state index in [0.29, 0.717) is 17.1 Å². The normalized spacial score (nSPS) is 11.0. The van der Waals surface area contributed by atoms with Crippen LogP contribution in [0.5, 0.6) is 5.75 Å². The van der Waals surface area contributed by atoms with E-state index < -0.39 is 0 Å². The first-order chi connectivity index (χ1) is 8.99. The van der Waals surface area contributed by atoms with Crippen LogP contribution in [0.2, 0.25) is 0 Å². The molecule has 0 spiro atoms. The lowest BCUT2D eigenvalue weighted by Gasteiger charge is -2.14. The highest BCUT2D eigenvalue weighted by Gasteiger charge is 2.20. The van der Waals surface area contributed by atoms with E-state index in [-0.39, 0.29) is 11.5 Å². The van der Waals surface area contributed by atoms with Crippen molar-refractivity contribution >= 4 is 5.69 Å². The maximum absolute atomic E-state index is 12.3. The van der Waals surface area contributed by atoms with E-state index >= 15 is 0 Å². The molecule has 1 heterocycles. The molecule has 0 radical (unpaired) electrons. The van der Waals surface area contributed by atoms with E-state index in [1.54, 1.807) is 16.5 Å². The summed E-state index contributed by atoms with van der Waals surface area (Å²) in [6.07, 6.45) is 0. The van der Waals surface area contributed by atoms with Crippen molar-refractivity contribution in [2.24, 2.45) is 7.05 Å². The summed E-state index contributed by atoms with van der Waals surface area (Å²) in [6.45, 7) is 4.02. The monoisotopic (exact) mass is 261 g/mol. The first-order valence-corrected chi connectivity index (χ1v) is 6.19. The minimum absolute atomic E-state index is 0.175. The van der Waals surface area contributed by atoms with Crippen molar-refractivity contribution in [3.8, 4) is 11.4 Å². The molecule has 2 N–H and O–H groups in total. The highest BCUT2D eigenvalue weighted by Crippen LogP contribution is 2.25. The summed E-state index contributed by atoms with van der Waals surface area (Å²) in [5.74, 6) is 0.814. The largest absolute Gasteiger partial charge is 0.494 e. The number of hydrogen-bond donors (Lipinski definition) is 1. The van der Waals surface area contributed by atoms with Gasteiger partial charge in [0.2, 0.25) is 0 Å². The second kappa shape index (κ2) is 4.84. The summed E-state index contributed by atoms with van der Waals surface area (Å²) in [7, 11) is 3.42. The van der Waals surface area contributed by atoms with E-state index in [4.69, 9.17) is 10.5 Å². The first kappa shape index (κ1) is 13.3. The highest BCUT2D eigenvalue weighted by atomic mass is 16.5. The second-order valence-corrected chi connectivity index (χ2v) is 4.77. The summed E-state index contributed by atoms with van der Waals surface area (Å²) in [5.41, 5.74) is 7.54. The Hall–Kier alpha value is -2.17. The average molecular weight is 261 g/mol. The molecule has 1 aromatic carbocycles.